The van der Waals surface area contributed by atoms with Gasteiger partial charge in [0.05, 0.1) is 4.88 Å². The Bertz CT molecular complexity index is 387. The molecule has 21 heavy (non-hydrogen) atoms. The summed E-state index contributed by atoms with van der Waals surface area (Å²) >= 11 is 1.79. The highest BCUT2D eigenvalue weighted by atomic mass is 32.1. The fourth-order valence-corrected chi connectivity index (χ4v) is 3.81. The van der Waals surface area contributed by atoms with Gasteiger partial charge in [0.15, 0.2) is 11.5 Å². The largest absolute Gasteiger partial charge is 0.485 e. The van der Waals surface area contributed by atoms with Crippen molar-refractivity contribution in [3.8, 4) is 11.5 Å². The fraction of sp³-hybridized carbons (Fsp3) is 0.778. The minimum atomic E-state index is 0.696. The highest BCUT2D eigenvalue weighted by Crippen LogP contribution is 2.40. The molecule has 2 nitrogen and oxygen atoms in total. The van der Waals surface area contributed by atoms with Crippen molar-refractivity contribution < 1.29 is 9.47 Å². The van der Waals surface area contributed by atoms with E-state index in [4.69, 9.17) is 9.47 Å². The molecular weight excluding hydrogens is 280 g/mol. The van der Waals surface area contributed by atoms with Crippen molar-refractivity contribution in [2.75, 3.05) is 13.2 Å². The molecule has 120 valence electrons. The molecule has 0 radical (unpaired) electrons. The number of thiophene rings is 1. The van der Waals surface area contributed by atoms with Gasteiger partial charge in [-0.3, -0.25) is 0 Å². The van der Waals surface area contributed by atoms with Gasteiger partial charge in [0.1, 0.15) is 13.2 Å². The van der Waals surface area contributed by atoms with Crippen LogP contribution in [0.5, 0.6) is 11.5 Å². The van der Waals surface area contributed by atoms with Crippen LogP contribution in [0.4, 0.5) is 0 Å². The Kier molecular flexibility index (Phi) is 8.01. The lowest BCUT2D eigenvalue weighted by atomic mass is 10.1. The summed E-state index contributed by atoms with van der Waals surface area (Å²) in [5.41, 5.74) is 0. The molecule has 2 rings (SSSR count). The van der Waals surface area contributed by atoms with E-state index < -0.39 is 0 Å². The van der Waals surface area contributed by atoms with E-state index in [0.29, 0.717) is 13.2 Å². The van der Waals surface area contributed by atoms with Crippen LogP contribution in [-0.4, -0.2) is 13.2 Å². The van der Waals surface area contributed by atoms with Gasteiger partial charge < -0.3 is 9.47 Å². The molecule has 3 heteroatoms. The van der Waals surface area contributed by atoms with Gasteiger partial charge in [0, 0.05) is 5.38 Å². The monoisotopic (exact) mass is 310 g/mol. The lowest BCUT2D eigenvalue weighted by molar-refractivity contribution is 0.172. The van der Waals surface area contributed by atoms with Crippen LogP contribution < -0.4 is 9.47 Å². The van der Waals surface area contributed by atoms with Crippen molar-refractivity contribution in [2.24, 2.45) is 0 Å². The summed E-state index contributed by atoms with van der Waals surface area (Å²) in [5, 5.41) is 2.10. The highest BCUT2D eigenvalue weighted by molar-refractivity contribution is 7.10. The fourth-order valence-electron chi connectivity index (χ4n) is 2.86. The predicted octanol–water partition coefficient (Wildman–Crippen LogP) is 5.98. The van der Waals surface area contributed by atoms with Crippen molar-refractivity contribution in [3.63, 3.8) is 0 Å². The third-order valence-corrected chi connectivity index (χ3v) is 5.14. The molecule has 0 N–H and O–H groups in total. The van der Waals surface area contributed by atoms with E-state index in [9.17, 15) is 0 Å². The first-order valence-corrected chi connectivity index (χ1v) is 9.65. The number of hydrogen-bond donors (Lipinski definition) is 0. The van der Waals surface area contributed by atoms with E-state index in [1.807, 2.05) is 0 Å². The maximum Gasteiger partial charge on any atom is 0.175 e. The minimum Gasteiger partial charge on any atom is -0.485 e. The summed E-state index contributed by atoms with van der Waals surface area (Å²) in [7, 11) is 0. The molecule has 0 aliphatic carbocycles. The first-order valence-electron chi connectivity index (χ1n) is 8.77. The Balaban J connectivity index is 1.48. The van der Waals surface area contributed by atoms with Gasteiger partial charge in [-0.1, -0.05) is 64.7 Å². The van der Waals surface area contributed by atoms with Crippen LogP contribution in [0.3, 0.4) is 0 Å². The summed E-state index contributed by atoms with van der Waals surface area (Å²) in [6.07, 6.45) is 15.1. The van der Waals surface area contributed by atoms with Gasteiger partial charge in [0.25, 0.3) is 0 Å². The third kappa shape index (κ3) is 5.90. The van der Waals surface area contributed by atoms with E-state index in [1.165, 1.54) is 69.1 Å². The van der Waals surface area contributed by atoms with Crippen LogP contribution in [0.15, 0.2) is 5.38 Å². The van der Waals surface area contributed by atoms with E-state index >= 15 is 0 Å². The second-order valence-corrected chi connectivity index (χ2v) is 6.95. The average molecular weight is 311 g/mol. The number of rotatable bonds is 11. The Labute approximate surface area is 133 Å². The van der Waals surface area contributed by atoms with E-state index in [-0.39, 0.29) is 0 Å². The van der Waals surface area contributed by atoms with Crippen molar-refractivity contribution in [1.29, 1.82) is 0 Å². The second kappa shape index (κ2) is 10.1. The normalized spacial score (nSPS) is 13.6. The van der Waals surface area contributed by atoms with Crippen molar-refractivity contribution in [3.05, 3.63) is 10.3 Å². The molecule has 0 atom stereocenters. The van der Waals surface area contributed by atoms with Gasteiger partial charge in [-0.05, 0) is 12.8 Å². The first kappa shape index (κ1) is 16.7. The third-order valence-electron chi connectivity index (χ3n) is 4.13. The lowest BCUT2D eigenvalue weighted by Gasteiger charge is -2.16. The molecule has 1 aliphatic rings. The Hall–Kier alpha value is -0.700. The minimum absolute atomic E-state index is 0.696. The molecule has 0 amide bonds. The summed E-state index contributed by atoms with van der Waals surface area (Å²) in [6.45, 7) is 3.68. The maximum atomic E-state index is 5.72. The summed E-state index contributed by atoms with van der Waals surface area (Å²) < 4.78 is 11.3. The molecular formula is C18H30O2S. The predicted molar refractivity (Wildman–Crippen MR) is 90.9 cm³/mol. The maximum absolute atomic E-state index is 5.72. The Morgan fingerprint density at radius 1 is 0.857 bits per heavy atom. The number of aryl methyl sites for hydroxylation is 1. The summed E-state index contributed by atoms with van der Waals surface area (Å²) in [5.74, 6) is 2.00. The summed E-state index contributed by atoms with van der Waals surface area (Å²) in [6, 6.07) is 0. The quantitative estimate of drug-likeness (QED) is 0.468. The molecule has 1 aliphatic heterocycles. The van der Waals surface area contributed by atoms with Gasteiger partial charge in [-0.15, -0.1) is 11.3 Å². The Morgan fingerprint density at radius 2 is 1.48 bits per heavy atom. The molecule has 0 spiro atoms. The van der Waals surface area contributed by atoms with Gasteiger partial charge in [-0.25, -0.2) is 0 Å². The number of hydrogen-bond acceptors (Lipinski definition) is 3. The number of fused-ring (bicyclic) bond motifs is 1. The number of unbranched alkanes of at least 4 members (excludes halogenated alkanes) is 9. The van der Waals surface area contributed by atoms with Crippen LogP contribution in [0.25, 0.3) is 0 Å². The summed E-state index contributed by atoms with van der Waals surface area (Å²) in [4.78, 5) is 1.38. The molecule has 0 saturated carbocycles. The molecule has 1 aromatic rings. The SMILES string of the molecule is CCCCCCCCCCCCc1scc2c1OCCO2. The van der Waals surface area contributed by atoms with Crippen molar-refractivity contribution >= 4 is 11.3 Å². The average Bonchev–Trinajstić information content (AvgIpc) is 2.92. The molecule has 0 bridgehead atoms. The molecule has 1 aromatic heterocycles. The highest BCUT2D eigenvalue weighted by Gasteiger charge is 2.17. The van der Waals surface area contributed by atoms with E-state index in [1.54, 1.807) is 11.3 Å². The van der Waals surface area contributed by atoms with E-state index in [2.05, 4.69) is 12.3 Å². The van der Waals surface area contributed by atoms with Gasteiger partial charge >= 0.3 is 0 Å². The van der Waals surface area contributed by atoms with Crippen LogP contribution in [0.1, 0.15) is 76.0 Å². The molecule has 2 heterocycles. The van der Waals surface area contributed by atoms with Gasteiger partial charge in [0.2, 0.25) is 0 Å². The van der Waals surface area contributed by atoms with E-state index in [0.717, 1.165) is 17.9 Å². The zero-order valence-electron chi connectivity index (χ0n) is 13.5. The van der Waals surface area contributed by atoms with Crippen LogP contribution >= 0.6 is 11.3 Å². The molecule has 0 fully saturated rings. The van der Waals surface area contributed by atoms with Gasteiger partial charge in [-0.2, -0.15) is 0 Å². The second-order valence-electron chi connectivity index (χ2n) is 5.98. The zero-order chi connectivity index (χ0) is 14.8. The van der Waals surface area contributed by atoms with Crippen molar-refractivity contribution in [1.82, 2.24) is 0 Å². The smallest absolute Gasteiger partial charge is 0.175 e. The molecule has 0 aromatic carbocycles. The van der Waals surface area contributed by atoms with Crippen LogP contribution in [0, 0.1) is 0 Å². The topological polar surface area (TPSA) is 18.5 Å². The van der Waals surface area contributed by atoms with Crippen LogP contribution in [0.2, 0.25) is 0 Å². The Morgan fingerprint density at radius 3 is 2.19 bits per heavy atom. The first-order chi connectivity index (χ1) is 10.4. The standard InChI is InChI=1S/C18H30O2S/c1-2-3-4-5-6-7-8-9-10-11-12-17-18-16(15-21-17)19-13-14-20-18/h15H,2-14H2,1H3. The number of ether oxygens (including phenoxy) is 2. The van der Waals surface area contributed by atoms with Crippen molar-refractivity contribution in [2.45, 2.75) is 77.6 Å². The molecule has 0 saturated heterocycles. The lowest BCUT2D eigenvalue weighted by Crippen LogP contribution is -2.14. The van der Waals surface area contributed by atoms with Crippen LogP contribution in [-0.2, 0) is 6.42 Å². The molecule has 0 unspecified atom stereocenters. The zero-order valence-corrected chi connectivity index (χ0v) is 14.3.